The Balaban J connectivity index is 2.29. The second-order valence-corrected chi connectivity index (χ2v) is 4.53. The molecule has 0 saturated carbocycles. The molecule has 2 heterocycles. The first-order valence-electron chi connectivity index (χ1n) is 5.62. The van der Waals surface area contributed by atoms with E-state index >= 15 is 0 Å². The van der Waals surface area contributed by atoms with E-state index in [2.05, 4.69) is 16.9 Å². The van der Waals surface area contributed by atoms with Gasteiger partial charge in [0, 0.05) is 24.8 Å². The highest BCUT2D eigenvalue weighted by Crippen LogP contribution is 2.33. The second-order valence-electron chi connectivity index (χ2n) is 4.53. The van der Waals surface area contributed by atoms with Crippen LogP contribution in [0, 0.1) is 10.1 Å². The summed E-state index contributed by atoms with van der Waals surface area (Å²) in [5.74, 6) is 0. The quantitative estimate of drug-likeness (QED) is 0.603. The van der Waals surface area contributed by atoms with Crippen LogP contribution in [-0.4, -0.2) is 28.4 Å². The number of nitrogens with one attached hydrogen (secondary N) is 1. The molecule has 2 aromatic rings. The van der Waals surface area contributed by atoms with Gasteiger partial charge < -0.3 is 9.88 Å². The molecule has 5 nitrogen and oxygen atoms in total. The van der Waals surface area contributed by atoms with Gasteiger partial charge in [0.2, 0.25) is 0 Å². The van der Waals surface area contributed by atoms with Gasteiger partial charge in [0.25, 0.3) is 5.69 Å². The lowest BCUT2D eigenvalue weighted by atomic mass is 10.0. The Labute approximate surface area is 98.2 Å². The molecule has 0 spiro atoms. The minimum absolute atomic E-state index is 0.213. The molecule has 1 aliphatic rings. The van der Waals surface area contributed by atoms with Crippen LogP contribution in [0.15, 0.2) is 18.2 Å². The fourth-order valence-corrected chi connectivity index (χ4v) is 2.56. The molecule has 0 saturated heterocycles. The Bertz CT molecular complexity index is 603. The highest BCUT2D eigenvalue weighted by molar-refractivity contribution is 5.93. The lowest BCUT2D eigenvalue weighted by molar-refractivity contribution is -0.383. The van der Waals surface area contributed by atoms with E-state index in [1.54, 1.807) is 12.1 Å². The summed E-state index contributed by atoms with van der Waals surface area (Å²) in [6.45, 7) is 1.78. The number of non-ortho nitro benzene ring substituents is 1. The van der Waals surface area contributed by atoms with Crippen molar-refractivity contribution in [3.05, 3.63) is 39.6 Å². The molecule has 1 aromatic carbocycles. The van der Waals surface area contributed by atoms with E-state index in [0.29, 0.717) is 0 Å². The summed E-state index contributed by atoms with van der Waals surface area (Å²) in [6.07, 6.45) is 0.872. The number of aromatic amines is 1. The van der Waals surface area contributed by atoms with Crippen molar-refractivity contribution in [2.24, 2.45) is 0 Å². The molecule has 0 bridgehead atoms. The third-order valence-corrected chi connectivity index (χ3v) is 3.36. The molecule has 1 aromatic heterocycles. The van der Waals surface area contributed by atoms with Crippen LogP contribution in [0.3, 0.4) is 0 Å². The van der Waals surface area contributed by atoms with Gasteiger partial charge in [0.1, 0.15) is 0 Å². The van der Waals surface area contributed by atoms with Crippen LogP contribution in [0.25, 0.3) is 10.9 Å². The molecule has 0 amide bonds. The van der Waals surface area contributed by atoms with E-state index in [4.69, 9.17) is 0 Å². The lowest BCUT2D eigenvalue weighted by Gasteiger charge is -2.21. The Morgan fingerprint density at radius 1 is 1.47 bits per heavy atom. The van der Waals surface area contributed by atoms with E-state index in [1.165, 1.54) is 0 Å². The van der Waals surface area contributed by atoms with Gasteiger partial charge in [-0.05, 0) is 25.1 Å². The third kappa shape index (κ3) is 1.51. The average Bonchev–Trinajstić information content (AvgIpc) is 2.65. The first-order chi connectivity index (χ1) is 8.16. The molecule has 1 N–H and O–H groups in total. The summed E-state index contributed by atoms with van der Waals surface area (Å²) in [4.78, 5) is 16.3. The maximum Gasteiger partial charge on any atom is 0.279 e. The molecule has 0 fully saturated rings. The maximum atomic E-state index is 11.0. The number of aromatic nitrogens is 1. The summed E-state index contributed by atoms with van der Waals surface area (Å²) < 4.78 is 0. The second kappa shape index (κ2) is 3.56. The number of hydrogen-bond acceptors (Lipinski definition) is 3. The molecule has 88 valence electrons. The Kier molecular flexibility index (Phi) is 2.16. The molecule has 17 heavy (non-hydrogen) atoms. The number of benzene rings is 1. The van der Waals surface area contributed by atoms with E-state index in [9.17, 15) is 10.1 Å². The largest absolute Gasteiger partial charge is 0.357 e. The normalized spacial score (nSPS) is 16.1. The van der Waals surface area contributed by atoms with E-state index in [1.807, 2.05) is 6.07 Å². The molecule has 0 unspecified atom stereocenters. The van der Waals surface area contributed by atoms with Gasteiger partial charge in [-0.3, -0.25) is 10.1 Å². The van der Waals surface area contributed by atoms with Crippen LogP contribution in [0.1, 0.15) is 11.3 Å². The van der Waals surface area contributed by atoms with Crippen molar-refractivity contribution in [1.82, 2.24) is 9.88 Å². The Morgan fingerprint density at radius 3 is 3.06 bits per heavy atom. The van der Waals surface area contributed by atoms with Crippen LogP contribution in [0.5, 0.6) is 0 Å². The summed E-state index contributed by atoms with van der Waals surface area (Å²) in [5, 5.41) is 11.8. The molecule has 1 aliphatic heterocycles. The van der Waals surface area contributed by atoms with E-state index < -0.39 is 0 Å². The predicted octanol–water partition coefficient (Wildman–Crippen LogP) is 2.06. The van der Waals surface area contributed by atoms with Crippen molar-refractivity contribution in [3.8, 4) is 0 Å². The lowest BCUT2D eigenvalue weighted by Crippen LogP contribution is -2.26. The van der Waals surface area contributed by atoms with Gasteiger partial charge in [-0.1, -0.05) is 6.07 Å². The van der Waals surface area contributed by atoms with Gasteiger partial charge in [-0.15, -0.1) is 0 Å². The number of hydrogen-bond donors (Lipinski definition) is 1. The highest BCUT2D eigenvalue weighted by Gasteiger charge is 2.23. The fourth-order valence-electron chi connectivity index (χ4n) is 2.56. The van der Waals surface area contributed by atoms with Gasteiger partial charge in [-0.2, -0.15) is 0 Å². The highest BCUT2D eigenvalue weighted by atomic mass is 16.6. The summed E-state index contributed by atoms with van der Waals surface area (Å²) in [6, 6.07) is 5.21. The zero-order chi connectivity index (χ0) is 12.0. The minimum atomic E-state index is -0.297. The third-order valence-electron chi connectivity index (χ3n) is 3.36. The standard InChI is InChI=1S/C12H13N3O2/c1-14-6-5-8-10(7-14)13-9-3-2-4-11(12(8)9)15(16)17/h2-4,13H,5-7H2,1H3. The van der Waals surface area contributed by atoms with Crippen LogP contribution in [0.2, 0.25) is 0 Å². The fraction of sp³-hybridized carbons (Fsp3) is 0.333. The number of nitro benzene ring substituents is 1. The van der Waals surface area contributed by atoms with Crippen molar-refractivity contribution in [2.45, 2.75) is 13.0 Å². The van der Waals surface area contributed by atoms with Gasteiger partial charge in [0.15, 0.2) is 0 Å². The average molecular weight is 231 g/mol. The van der Waals surface area contributed by atoms with Crippen LogP contribution >= 0.6 is 0 Å². The van der Waals surface area contributed by atoms with Crippen molar-refractivity contribution < 1.29 is 4.92 Å². The summed E-state index contributed by atoms with van der Waals surface area (Å²) in [5.41, 5.74) is 3.32. The number of H-pyrrole nitrogens is 1. The Hall–Kier alpha value is -1.88. The van der Waals surface area contributed by atoms with E-state index in [-0.39, 0.29) is 10.6 Å². The zero-order valence-electron chi connectivity index (χ0n) is 9.56. The minimum Gasteiger partial charge on any atom is -0.357 e. The smallest absolute Gasteiger partial charge is 0.279 e. The number of likely N-dealkylation sites (N-methyl/N-ethyl adjacent to an activating group) is 1. The zero-order valence-corrected chi connectivity index (χ0v) is 9.56. The number of nitro groups is 1. The van der Waals surface area contributed by atoms with Crippen LogP contribution < -0.4 is 0 Å². The molecule has 3 rings (SSSR count). The van der Waals surface area contributed by atoms with Gasteiger partial charge in [0.05, 0.1) is 15.8 Å². The molecule has 5 heteroatoms. The van der Waals surface area contributed by atoms with Gasteiger partial charge in [-0.25, -0.2) is 0 Å². The first-order valence-corrected chi connectivity index (χ1v) is 5.62. The van der Waals surface area contributed by atoms with Crippen LogP contribution in [0.4, 0.5) is 5.69 Å². The SMILES string of the molecule is CN1CCc2c([nH]c3cccc([N+](=O)[O-])c23)C1. The summed E-state index contributed by atoms with van der Waals surface area (Å²) in [7, 11) is 2.06. The topological polar surface area (TPSA) is 62.2 Å². The van der Waals surface area contributed by atoms with Crippen molar-refractivity contribution >= 4 is 16.6 Å². The number of nitrogens with zero attached hydrogens (tertiary/aromatic N) is 2. The van der Waals surface area contributed by atoms with Crippen molar-refractivity contribution in [3.63, 3.8) is 0 Å². The maximum absolute atomic E-state index is 11.0. The first kappa shape index (κ1) is 10.3. The molecular weight excluding hydrogens is 218 g/mol. The summed E-state index contributed by atoms with van der Waals surface area (Å²) >= 11 is 0. The van der Waals surface area contributed by atoms with Crippen molar-refractivity contribution in [2.75, 3.05) is 13.6 Å². The van der Waals surface area contributed by atoms with Crippen LogP contribution in [-0.2, 0) is 13.0 Å². The molecule has 0 aliphatic carbocycles. The van der Waals surface area contributed by atoms with E-state index in [0.717, 1.165) is 41.7 Å². The Morgan fingerprint density at radius 2 is 2.29 bits per heavy atom. The van der Waals surface area contributed by atoms with Gasteiger partial charge >= 0.3 is 0 Å². The number of fused-ring (bicyclic) bond motifs is 3. The molecule has 0 radical (unpaired) electrons. The van der Waals surface area contributed by atoms with Crippen molar-refractivity contribution in [1.29, 1.82) is 0 Å². The molecule has 0 atom stereocenters. The number of rotatable bonds is 1. The predicted molar refractivity (Wildman–Crippen MR) is 65.0 cm³/mol. The molecular formula is C12H13N3O2. The monoisotopic (exact) mass is 231 g/mol.